The third-order valence-corrected chi connectivity index (χ3v) is 4.29. The number of oxazole rings is 1. The number of nitrogens with zero attached hydrogens (tertiary/aromatic N) is 1. The number of para-hydroxylation sites is 2. The van der Waals surface area contributed by atoms with Crippen LogP contribution in [0.5, 0.6) is 0 Å². The zero-order chi connectivity index (χ0) is 11.0. The van der Waals surface area contributed by atoms with Crippen molar-refractivity contribution in [2.24, 2.45) is 0 Å². The van der Waals surface area contributed by atoms with Crippen molar-refractivity contribution in [3.8, 4) is 0 Å². The van der Waals surface area contributed by atoms with Gasteiger partial charge < -0.3 is 9.73 Å². The van der Waals surface area contributed by atoms with Crippen LogP contribution in [-0.2, 0) is 10.8 Å². The van der Waals surface area contributed by atoms with E-state index in [-0.39, 0.29) is 17.7 Å². The number of nitrogens with one attached hydrogen (secondary N) is 1. The summed E-state index contributed by atoms with van der Waals surface area (Å²) < 4.78 is 17.6. The van der Waals surface area contributed by atoms with Crippen LogP contribution in [0.2, 0.25) is 0 Å². The summed E-state index contributed by atoms with van der Waals surface area (Å²) in [4.78, 5) is 4.26. The van der Waals surface area contributed by atoms with E-state index < -0.39 is 10.8 Å². The van der Waals surface area contributed by atoms with Gasteiger partial charge in [0, 0.05) is 6.54 Å². The molecule has 0 spiro atoms. The molecule has 1 aromatic carbocycles. The Hall–Kier alpha value is -0.910. The van der Waals surface area contributed by atoms with Gasteiger partial charge in [-0.1, -0.05) is 12.1 Å². The fraction of sp³-hybridized carbons (Fsp3) is 0.364. The fourth-order valence-corrected chi connectivity index (χ4v) is 3.14. The average molecular weight is 273 g/mol. The Kier molecular flexibility index (Phi) is 3.81. The van der Waals surface area contributed by atoms with Crippen molar-refractivity contribution in [2.75, 3.05) is 13.1 Å². The Morgan fingerprint density at radius 1 is 1.41 bits per heavy atom. The highest BCUT2D eigenvalue weighted by atomic mass is 35.5. The van der Waals surface area contributed by atoms with Gasteiger partial charge in [0.2, 0.25) is 0 Å². The fourth-order valence-electron chi connectivity index (χ4n) is 1.89. The lowest BCUT2D eigenvalue weighted by atomic mass is 10.3. The van der Waals surface area contributed by atoms with Crippen molar-refractivity contribution in [1.82, 2.24) is 10.3 Å². The summed E-state index contributed by atoms with van der Waals surface area (Å²) in [5.41, 5.74) is 1.48. The Morgan fingerprint density at radius 3 is 2.94 bits per heavy atom. The topological polar surface area (TPSA) is 55.1 Å². The van der Waals surface area contributed by atoms with Crippen molar-refractivity contribution < 1.29 is 8.63 Å². The molecule has 0 amide bonds. The highest BCUT2D eigenvalue weighted by Crippen LogP contribution is 2.20. The van der Waals surface area contributed by atoms with Crippen LogP contribution in [0, 0.1) is 0 Å². The third-order valence-electron chi connectivity index (χ3n) is 2.76. The monoisotopic (exact) mass is 272 g/mol. The number of halogens is 1. The molecule has 1 aromatic heterocycles. The number of benzene rings is 1. The molecule has 2 unspecified atom stereocenters. The quantitative estimate of drug-likeness (QED) is 0.904. The Labute approximate surface area is 108 Å². The van der Waals surface area contributed by atoms with Crippen molar-refractivity contribution in [2.45, 2.75) is 16.9 Å². The molecule has 4 nitrogen and oxygen atoms in total. The van der Waals surface area contributed by atoms with Crippen molar-refractivity contribution in [3.05, 3.63) is 24.3 Å². The van der Waals surface area contributed by atoms with E-state index in [2.05, 4.69) is 10.3 Å². The first-order valence-corrected chi connectivity index (χ1v) is 6.53. The SMILES string of the molecule is Cl.O=S(c1nc2ccccc2o1)C1CCNC1. The summed E-state index contributed by atoms with van der Waals surface area (Å²) in [7, 11) is -1.13. The summed E-state index contributed by atoms with van der Waals surface area (Å²) in [5.74, 6) is 0. The van der Waals surface area contributed by atoms with Gasteiger partial charge in [-0.3, -0.25) is 0 Å². The van der Waals surface area contributed by atoms with Gasteiger partial charge in [-0.05, 0) is 25.1 Å². The maximum atomic E-state index is 12.1. The van der Waals surface area contributed by atoms with Crippen LogP contribution in [0.4, 0.5) is 0 Å². The first kappa shape index (κ1) is 12.5. The van der Waals surface area contributed by atoms with Crippen molar-refractivity contribution >= 4 is 34.3 Å². The summed E-state index contributed by atoms with van der Waals surface area (Å²) in [6, 6.07) is 7.49. The lowest BCUT2D eigenvalue weighted by Gasteiger charge is -2.02. The van der Waals surface area contributed by atoms with Crippen LogP contribution in [0.15, 0.2) is 33.9 Å². The maximum Gasteiger partial charge on any atom is 0.288 e. The summed E-state index contributed by atoms with van der Waals surface area (Å²) >= 11 is 0. The minimum Gasteiger partial charge on any atom is -0.430 e. The van der Waals surface area contributed by atoms with E-state index in [0.29, 0.717) is 10.8 Å². The van der Waals surface area contributed by atoms with Crippen LogP contribution in [0.3, 0.4) is 0 Å². The van der Waals surface area contributed by atoms with Gasteiger partial charge in [0.25, 0.3) is 5.22 Å². The van der Waals surface area contributed by atoms with Gasteiger partial charge in [-0.2, -0.15) is 0 Å². The standard InChI is InChI=1S/C11H12N2O2S.ClH/c14-16(8-5-6-12-7-8)11-13-9-3-1-2-4-10(9)15-11;/h1-4,8,12H,5-7H2;1H. The second-order valence-corrected chi connectivity index (χ2v) is 5.47. The van der Waals surface area contributed by atoms with E-state index in [1.807, 2.05) is 24.3 Å². The zero-order valence-electron chi connectivity index (χ0n) is 9.09. The van der Waals surface area contributed by atoms with Gasteiger partial charge >= 0.3 is 0 Å². The lowest BCUT2D eigenvalue weighted by molar-refractivity contribution is 0.475. The molecular formula is C11H13ClN2O2S. The summed E-state index contributed by atoms with van der Waals surface area (Å²) in [6.45, 7) is 1.71. The van der Waals surface area contributed by atoms with E-state index in [0.717, 1.165) is 25.0 Å². The van der Waals surface area contributed by atoms with Crippen LogP contribution in [-0.4, -0.2) is 27.5 Å². The number of aromatic nitrogens is 1. The van der Waals surface area contributed by atoms with Crippen molar-refractivity contribution in [1.29, 1.82) is 0 Å². The molecule has 0 bridgehead atoms. The molecule has 3 rings (SSSR count). The first-order valence-electron chi connectivity index (χ1n) is 5.31. The molecule has 1 aliphatic heterocycles. The van der Waals surface area contributed by atoms with Crippen molar-refractivity contribution in [3.63, 3.8) is 0 Å². The van der Waals surface area contributed by atoms with Gasteiger partial charge in [0.15, 0.2) is 5.58 Å². The van der Waals surface area contributed by atoms with E-state index in [1.54, 1.807) is 0 Å². The second kappa shape index (κ2) is 5.16. The Morgan fingerprint density at radius 2 is 2.24 bits per heavy atom. The van der Waals surface area contributed by atoms with E-state index in [1.165, 1.54) is 0 Å². The number of hydrogen-bond acceptors (Lipinski definition) is 4. The summed E-state index contributed by atoms with van der Waals surface area (Å²) in [6.07, 6.45) is 0.922. The minimum atomic E-state index is -1.13. The van der Waals surface area contributed by atoms with Gasteiger partial charge in [-0.25, -0.2) is 9.19 Å². The molecule has 1 N–H and O–H groups in total. The number of fused-ring (bicyclic) bond motifs is 1. The Balaban J connectivity index is 0.00000108. The Bertz CT molecular complexity index is 504. The largest absolute Gasteiger partial charge is 0.430 e. The van der Waals surface area contributed by atoms with Gasteiger partial charge in [0.1, 0.15) is 16.3 Å². The number of hydrogen-bond donors (Lipinski definition) is 1. The van der Waals surface area contributed by atoms with Crippen LogP contribution < -0.4 is 5.32 Å². The minimum absolute atomic E-state index is 0. The molecule has 0 radical (unpaired) electrons. The third kappa shape index (κ3) is 2.36. The van der Waals surface area contributed by atoms with Crippen LogP contribution in [0.25, 0.3) is 11.1 Å². The summed E-state index contributed by atoms with van der Waals surface area (Å²) in [5, 5.41) is 3.68. The maximum absolute atomic E-state index is 12.1. The average Bonchev–Trinajstić information content (AvgIpc) is 2.97. The second-order valence-electron chi connectivity index (χ2n) is 3.86. The molecular weight excluding hydrogens is 260 g/mol. The normalized spacial score (nSPS) is 21.3. The molecule has 1 fully saturated rings. The lowest BCUT2D eigenvalue weighted by Crippen LogP contribution is -2.18. The van der Waals surface area contributed by atoms with Gasteiger partial charge in [0.05, 0.1) is 5.25 Å². The predicted molar refractivity (Wildman–Crippen MR) is 68.9 cm³/mol. The molecule has 17 heavy (non-hydrogen) atoms. The zero-order valence-corrected chi connectivity index (χ0v) is 10.7. The molecule has 2 atom stereocenters. The number of rotatable bonds is 2. The van der Waals surface area contributed by atoms with E-state index in [9.17, 15) is 4.21 Å². The molecule has 1 aliphatic rings. The molecule has 2 aromatic rings. The molecule has 2 heterocycles. The first-order chi connectivity index (χ1) is 7.84. The highest BCUT2D eigenvalue weighted by Gasteiger charge is 2.25. The van der Waals surface area contributed by atoms with E-state index >= 15 is 0 Å². The molecule has 0 saturated carbocycles. The molecule has 1 saturated heterocycles. The van der Waals surface area contributed by atoms with Gasteiger partial charge in [-0.15, -0.1) is 12.4 Å². The molecule has 6 heteroatoms. The van der Waals surface area contributed by atoms with Crippen LogP contribution in [0.1, 0.15) is 6.42 Å². The molecule has 92 valence electrons. The highest BCUT2D eigenvalue weighted by molar-refractivity contribution is 7.85. The smallest absolute Gasteiger partial charge is 0.288 e. The molecule has 0 aliphatic carbocycles. The van der Waals surface area contributed by atoms with Crippen LogP contribution >= 0.6 is 12.4 Å². The van der Waals surface area contributed by atoms with E-state index in [4.69, 9.17) is 4.42 Å². The predicted octanol–water partition coefficient (Wildman–Crippen LogP) is 1.72.